The molecule has 0 amide bonds. The number of aliphatic hydroxyl groups is 1. The number of nitro benzene ring substituents is 1. The number of rotatable bonds is 5. The van der Waals surface area contributed by atoms with E-state index in [1.165, 1.54) is 12.1 Å². The van der Waals surface area contributed by atoms with Crippen molar-refractivity contribution in [2.45, 2.75) is 23.6 Å². The van der Waals surface area contributed by atoms with Gasteiger partial charge in [-0.05, 0) is 30.7 Å². The zero-order valence-electron chi connectivity index (χ0n) is 16.7. The molecule has 0 aliphatic carbocycles. The van der Waals surface area contributed by atoms with Crippen molar-refractivity contribution in [2.75, 3.05) is 31.1 Å². The topological polar surface area (TPSA) is 104 Å². The Morgan fingerprint density at radius 1 is 1.03 bits per heavy atom. The number of hydrogen-bond acceptors (Lipinski definition) is 6. The van der Waals surface area contributed by atoms with E-state index in [1.54, 1.807) is 4.90 Å². The Morgan fingerprint density at radius 3 is 2.06 bits per heavy atom. The average molecular weight is 477 g/mol. The Labute approximate surface area is 180 Å². The Hall–Kier alpha value is -2.77. The number of nitrogens with zero attached hydrogens (tertiary/aromatic N) is 3. The number of halogens is 4. The van der Waals surface area contributed by atoms with Crippen molar-refractivity contribution in [2.24, 2.45) is 0 Å². The molecule has 1 atom stereocenters. The molecule has 0 aromatic heterocycles. The number of piperazine rings is 1. The molecule has 1 saturated heterocycles. The third kappa shape index (κ3) is 4.40. The lowest BCUT2D eigenvalue weighted by Crippen LogP contribution is -2.48. The van der Waals surface area contributed by atoms with Gasteiger partial charge in [0.2, 0.25) is 15.8 Å². The van der Waals surface area contributed by atoms with Gasteiger partial charge in [0.05, 0.1) is 9.82 Å². The third-order valence-electron chi connectivity index (χ3n) is 5.34. The normalized spacial score (nSPS) is 17.8. The minimum atomic E-state index is -4.84. The van der Waals surface area contributed by atoms with Crippen LogP contribution in [0.15, 0.2) is 47.4 Å². The summed E-state index contributed by atoms with van der Waals surface area (Å²) in [6.45, 7) is 1.12. The first kappa shape index (κ1) is 23.9. The largest absolute Gasteiger partial charge is 0.421 e. The van der Waals surface area contributed by atoms with E-state index >= 15 is 0 Å². The molecule has 8 nitrogen and oxygen atoms in total. The summed E-state index contributed by atoms with van der Waals surface area (Å²) in [5.41, 5.74) is -3.61. The zero-order valence-corrected chi connectivity index (χ0v) is 17.5. The first-order chi connectivity index (χ1) is 14.7. The summed E-state index contributed by atoms with van der Waals surface area (Å²) in [4.78, 5) is 11.1. The molecule has 2 aromatic rings. The SMILES string of the molecule is CC(O)(c1ccc(N2CCN(S(=O)(=O)c3ccc([N+](=O)[O-])c(F)c3)CC2)cc1)C(F)(F)F. The monoisotopic (exact) mass is 477 g/mol. The van der Waals surface area contributed by atoms with Gasteiger partial charge in [0.1, 0.15) is 0 Å². The maximum absolute atomic E-state index is 13.9. The molecular formula is C19H19F4N3O5S. The fourth-order valence-electron chi connectivity index (χ4n) is 3.29. The minimum Gasteiger partial charge on any atom is -0.376 e. The van der Waals surface area contributed by atoms with Crippen LogP contribution in [0.3, 0.4) is 0 Å². The van der Waals surface area contributed by atoms with Crippen LogP contribution >= 0.6 is 0 Å². The Morgan fingerprint density at radius 2 is 1.59 bits per heavy atom. The second kappa shape index (κ2) is 8.30. The molecule has 1 unspecified atom stereocenters. The van der Waals surface area contributed by atoms with Gasteiger partial charge in [-0.2, -0.15) is 21.9 Å². The Kier molecular flexibility index (Phi) is 6.19. The van der Waals surface area contributed by atoms with Gasteiger partial charge in [0.25, 0.3) is 0 Å². The van der Waals surface area contributed by atoms with Crippen LogP contribution in [0.2, 0.25) is 0 Å². The van der Waals surface area contributed by atoms with Crippen molar-refractivity contribution in [3.63, 3.8) is 0 Å². The summed E-state index contributed by atoms with van der Waals surface area (Å²) in [7, 11) is -4.09. The molecule has 2 aromatic carbocycles. The number of nitro groups is 1. The highest BCUT2D eigenvalue weighted by Crippen LogP contribution is 2.39. The van der Waals surface area contributed by atoms with Crippen LogP contribution in [0.4, 0.5) is 28.9 Å². The highest BCUT2D eigenvalue weighted by atomic mass is 32.2. The van der Waals surface area contributed by atoms with Gasteiger partial charge in [-0.25, -0.2) is 8.42 Å². The molecule has 174 valence electrons. The number of benzene rings is 2. The average Bonchev–Trinajstić information content (AvgIpc) is 2.72. The van der Waals surface area contributed by atoms with Crippen molar-refractivity contribution in [3.8, 4) is 0 Å². The van der Waals surface area contributed by atoms with Gasteiger partial charge in [-0.3, -0.25) is 10.1 Å². The van der Waals surface area contributed by atoms with E-state index in [9.17, 15) is 41.2 Å². The zero-order chi connectivity index (χ0) is 23.9. The van der Waals surface area contributed by atoms with E-state index in [0.29, 0.717) is 18.7 Å². The first-order valence-corrected chi connectivity index (χ1v) is 10.8. The van der Waals surface area contributed by atoms with Gasteiger partial charge in [0.15, 0.2) is 5.60 Å². The summed E-state index contributed by atoms with van der Waals surface area (Å²) in [5, 5.41) is 20.5. The van der Waals surface area contributed by atoms with Crippen molar-refractivity contribution in [3.05, 3.63) is 64.0 Å². The van der Waals surface area contributed by atoms with E-state index < -0.39 is 43.1 Å². The third-order valence-corrected chi connectivity index (χ3v) is 7.23. The summed E-state index contributed by atoms with van der Waals surface area (Å²) in [6, 6.07) is 7.49. The van der Waals surface area contributed by atoms with E-state index in [2.05, 4.69) is 0 Å². The van der Waals surface area contributed by atoms with Crippen LogP contribution in [-0.2, 0) is 15.6 Å². The lowest BCUT2D eigenvalue weighted by molar-refractivity contribution is -0.387. The summed E-state index contributed by atoms with van der Waals surface area (Å²) in [5.74, 6) is -1.26. The summed E-state index contributed by atoms with van der Waals surface area (Å²) in [6.07, 6.45) is -4.84. The maximum Gasteiger partial charge on any atom is 0.421 e. The molecule has 0 bridgehead atoms. The molecule has 0 spiro atoms. The molecule has 32 heavy (non-hydrogen) atoms. The standard InChI is InChI=1S/C19H19F4N3O5S/c1-18(27,19(21,22)23)13-2-4-14(5-3-13)24-8-10-25(11-9-24)32(30,31)15-6-7-17(26(28)29)16(20)12-15/h2-7,12,27H,8-11H2,1H3. The van der Waals surface area contributed by atoms with Crippen molar-refractivity contribution >= 4 is 21.4 Å². The van der Waals surface area contributed by atoms with Gasteiger partial charge in [-0.1, -0.05) is 12.1 Å². The molecule has 1 N–H and O–H groups in total. The van der Waals surface area contributed by atoms with Crippen LogP contribution in [0.5, 0.6) is 0 Å². The van der Waals surface area contributed by atoms with Gasteiger partial charge >= 0.3 is 11.9 Å². The molecular weight excluding hydrogens is 458 g/mol. The number of alkyl halides is 3. The quantitative estimate of drug-likeness (QED) is 0.403. The van der Waals surface area contributed by atoms with Crippen LogP contribution in [0.25, 0.3) is 0 Å². The second-order valence-corrected chi connectivity index (χ2v) is 9.32. The summed E-state index contributed by atoms with van der Waals surface area (Å²) >= 11 is 0. The molecule has 3 rings (SSSR count). The van der Waals surface area contributed by atoms with Gasteiger partial charge < -0.3 is 10.0 Å². The predicted molar refractivity (Wildman–Crippen MR) is 106 cm³/mol. The Balaban J connectivity index is 1.71. The van der Waals surface area contributed by atoms with Crippen LogP contribution in [-0.4, -0.2) is 55.1 Å². The summed E-state index contributed by atoms with van der Waals surface area (Å²) < 4.78 is 79.4. The number of sulfonamides is 1. The van der Waals surface area contributed by atoms with Crippen molar-refractivity contribution in [1.82, 2.24) is 4.31 Å². The van der Waals surface area contributed by atoms with Crippen LogP contribution in [0, 0.1) is 15.9 Å². The maximum atomic E-state index is 13.9. The number of anilines is 1. The van der Waals surface area contributed by atoms with Gasteiger partial charge in [-0.15, -0.1) is 0 Å². The lowest BCUT2D eigenvalue weighted by Gasteiger charge is -2.35. The van der Waals surface area contributed by atoms with Gasteiger partial charge in [0, 0.05) is 44.0 Å². The second-order valence-electron chi connectivity index (χ2n) is 7.38. The fourth-order valence-corrected chi connectivity index (χ4v) is 4.73. The highest BCUT2D eigenvalue weighted by molar-refractivity contribution is 7.89. The van der Waals surface area contributed by atoms with E-state index in [4.69, 9.17) is 0 Å². The lowest BCUT2D eigenvalue weighted by atomic mass is 9.95. The van der Waals surface area contributed by atoms with Crippen molar-refractivity contribution < 1.29 is 36.0 Å². The minimum absolute atomic E-state index is 0.0168. The molecule has 1 aliphatic heterocycles. The number of hydrogen-bond donors (Lipinski definition) is 1. The first-order valence-electron chi connectivity index (χ1n) is 9.34. The fraction of sp³-hybridized carbons (Fsp3) is 0.368. The van der Waals surface area contributed by atoms with Crippen LogP contribution < -0.4 is 4.90 Å². The van der Waals surface area contributed by atoms with Crippen molar-refractivity contribution in [1.29, 1.82) is 0 Å². The molecule has 0 radical (unpaired) electrons. The van der Waals surface area contributed by atoms with E-state index in [1.807, 2.05) is 0 Å². The van der Waals surface area contributed by atoms with E-state index in [0.717, 1.165) is 28.6 Å². The van der Waals surface area contributed by atoms with Crippen LogP contribution in [0.1, 0.15) is 12.5 Å². The molecule has 1 fully saturated rings. The predicted octanol–water partition coefficient (Wildman–Crippen LogP) is 3.01. The molecule has 1 aliphatic rings. The highest BCUT2D eigenvalue weighted by Gasteiger charge is 2.51. The molecule has 0 saturated carbocycles. The Bertz CT molecular complexity index is 1110. The van der Waals surface area contributed by atoms with E-state index in [-0.39, 0.29) is 31.7 Å². The molecule has 13 heteroatoms. The smallest absolute Gasteiger partial charge is 0.376 e. The molecule has 1 heterocycles.